The van der Waals surface area contributed by atoms with Gasteiger partial charge < -0.3 is 9.64 Å². The Balaban J connectivity index is 1.68. The van der Waals surface area contributed by atoms with Crippen LogP contribution in [0.25, 0.3) is 11.1 Å². The highest BCUT2D eigenvalue weighted by Crippen LogP contribution is 2.32. The van der Waals surface area contributed by atoms with Crippen molar-refractivity contribution in [2.45, 2.75) is 37.2 Å². The SMILES string of the molecule is CS(=O)(=O)N[C@H]1[C@@H](F)CN(C(=O)C2CCO2)[C@H]1Cc1cccc(-c2cccc(Cl)c2)c1F. The van der Waals surface area contributed by atoms with Crippen molar-refractivity contribution in [1.82, 2.24) is 9.62 Å². The molecule has 0 aliphatic carbocycles. The van der Waals surface area contributed by atoms with Gasteiger partial charge in [0.15, 0.2) is 0 Å². The fourth-order valence-electron chi connectivity index (χ4n) is 4.22. The van der Waals surface area contributed by atoms with E-state index in [0.717, 1.165) is 6.26 Å². The molecule has 10 heteroatoms. The van der Waals surface area contributed by atoms with E-state index in [1.165, 1.54) is 4.90 Å². The molecule has 0 spiro atoms. The Morgan fingerprint density at radius 1 is 1.28 bits per heavy atom. The van der Waals surface area contributed by atoms with Crippen molar-refractivity contribution in [1.29, 1.82) is 0 Å². The molecule has 0 saturated carbocycles. The Labute approximate surface area is 190 Å². The van der Waals surface area contributed by atoms with E-state index in [1.54, 1.807) is 42.5 Å². The van der Waals surface area contributed by atoms with Crippen LogP contribution < -0.4 is 4.72 Å². The molecular formula is C22H23ClF2N2O4S. The molecule has 0 radical (unpaired) electrons. The topological polar surface area (TPSA) is 75.7 Å². The van der Waals surface area contributed by atoms with Gasteiger partial charge >= 0.3 is 0 Å². The normalized spacial score (nSPS) is 25.6. The van der Waals surface area contributed by atoms with Crippen molar-refractivity contribution < 1.29 is 26.7 Å². The number of likely N-dealkylation sites (tertiary alicyclic amines) is 1. The molecule has 1 N–H and O–H groups in total. The van der Waals surface area contributed by atoms with Gasteiger partial charge in [-0.2, -0.15) is 0 Å². The van der Waals surface area contributed by atoms with Crippen LogP contribution in [0.5, 0.6) is 0 Å². The van der Waals surface area contributed by atoms with E-state index in [0.29, 0.717) is 29.2 Å². The van der Waals surface area contributed by atoms with E-state index >= 15 is 4.39 Å². The molecule has 2 aromatic carbocycles. The molecule has 172 valence electrons. The molecule has 32 heavy (non-hydrogen) atoms. The lowest BCUT2D eigenvalue weighted by molar-refractivity contribution is -0.157. The zero-order valence-corrected chi connectivity index (χ0v) is 18.9. The second-order valence-corrected chi connectivity index (χ2v) is 10.3. The number of halogens is 3. The smallest absolute Gasteiger partial charge is 0.252 e. The van der Waals surface area contributed by atoms with E-state index in [4.69, 9.17) is 16.3 Å². The van der Waals surface area contributed by atoms with Gasteiger partial charge in [0, 0.05) is 17.0 Å². The molecular weight excluding hydrogens is 462 g/mol. The first-order valence-electron chi connectivity index (χ1n) is 10.2. The summed E-state index contributed by atoms with van der Waals surface area (Å²) in [6, 6.07) is 9.47. The molecule has 2 saturated heterocycles. The van der Waals surface area contributed by atoms with Gasteiger partial charge in [-0.3, -0.25) is 4.79 Å². The van der Waals surface area contributed by atoms with Crippen molar-refractivity contribution in [2.75, 3.05) is 19.4 Å². The van der Waals surface area contributed by atoms with Crippen LogP contribution in [-0.2, 0) is 26.0 Å². The third-order valence-electron chi connectivity index (χ3n) is 5.83. The number of nitrogens with zero attached hydrogens (tertiary/aromatic N) is 1. The van der Waals surface area contributed by atoms with Crippen LogP contribution >= 0.6 is 11.6 Å². The molecule has 4 atom stereocenters. The number of alkyl halides is 1. The largest absolute Gasteiger partial charge is 0.368 e. The van der Waals surface area contributed by atoms with Crippen molar-refractivity contribution in [3.05, 3.63) is 58.9 Å². The third kappa shape index (κ3) is 4.80. The number of sulfonamides is 1. The predicted octanol–water partition coefficient (Wildman–Crippen LogP) is 2.94. The summed E-state index contributed by atoms with van der Waals surface area (Å²) < 4.78 is 61.6. The standard InChI is InChI=1S/C22H23ClF2N2O4S/c1-32(29,30)26-21-17(24)12-27(22(28)19-8-9-31-19)18(21)11-14-5-3-7-16(20(14)25)13-4-2-6-15(23)10-13/h2-7,10,17-19,21,26H,8-9,11-12H2,1H3/t17-,18-,19?,21-/m0/s1. The number of carbonyl (C=O) groups is 1. The summed E-state index contributed by atoms with van der Waals surface area (Å²) in [5.41, 5.74) is 1.13. The molecule has 6 nitrogen and oxygen atoms in total. The Hall–Kier alpha value is -2.07. The zero-order chi connectivity index (χ0) is 23.0. The quantitative estimate of drug-likeness (QED) is 0.684. The summed E-state index contributed by atoms with van der Waals surface area (Å²) in [5, 5.41) is 0.457. The molecule has 0 aromatic heterocycles. The van der Waals surface area contributed by atoms with E-state index in [9.17, 15) is 17.6 Å². The summed E-state index contributed by atoms with van der Waals surface area (Å²) in [6.45, 7) is 0.154. The summed E-state index contributed by atoms with van der Waals surface area (Å²) in [4.78, 5) is 14.1. The molecule has 4 rings (SSSR count). The second kappa shape index (κ2) is 9.05. The first-order valence-corrected chi connectivity index (χ1v) is 12.5. The van der Waals surface area contributed by atoms with Crippen molar-refractivity contribution in [3.63, 3.8) is 0 Å². The average Bonchev–Trinajstić information content (AvgIpc) is 2.96. The maximum Gasteiger partial charge on any atom is 0.252 e. The lowest BCUT2D eigenvalue weighted by Gasteiger charge is -2.34. The number of hydrogen-bond acceptors (Lipinski definition) is 4. The van der Waals surface area contributed by atoms with Gasteiger partial charge in [0.2, 0.25) is 10.0 Å². The fraction of sp³-hybridized carbons (Fsp3) is 0.409. The highest BCUT2D eigenvalue weighted by molar-refractivity contribution is 7.88. The highest BCUT2D eigenvalue weighted by atomic mass is 35.5. The lowest BCUT2D eigenvalue weighted by atomic mass is 9.95. The third-order valence-corrected chi connectivity index (χ3v) is 6.76. The number of carbonyl (C=O) groups excluding carboxylic acids is 1. The Morgan fingerprint density at radius 2 is 2.00 bits per heavy atom. The maximum absolute atomic E-state index is 15.5. The summed E-state index contributed by atoms with van der Waals surface area (Å²) in [6.07, 6.45) is -0.924. The zero-order valence-electron chi connectivity index (χ0n) is 17.3. The Bertz CT molecular complexity index is 1130. The summed E-state index contributed by atoms with van der Waals surface area (Å²) in [5.74, 6) is -0.935. The first kappa shape index (κ1) is 23.1. The van der Waals surface area contributed by atoms with Gasteiger partial charge in [0.25, 0.3) is 5.91 Å². The predicted molar refractivity (Wildman–Crippen MR) is 117 cm³/mol. The second-order valence-electron chi connectivity index (χ2n) is 8.13. The molecule has 2 heterocycles. The van der Waals surface area contributed by atoms with Crippen LogP contribution in [-0.4, -0.2) is 63.0 Å². The number of benzene rings is 2. The van der Waals surface area contributed by atoms with E-state index in [-0.39, 0.29) is 18.5 Å². The van der Waals surface area contributed by atoms with Crippen LogP contribution in [0.2, 0.25) is 5.02 Å². The van der Waals surface area contributed by atoms with E-state index in [2.05, 4.69) is 4.72 Å². The number of rotatable bonds is 6. The van der Waals surface area contributed by atoms with Crippen molar-refractivity contribution in [3.8, 4) is 11.1 Å². The van der Waals surface area contributed by atoms with E-state index in [1.807, 2.05) is 0 Å². The maximum atomic E-state index is 15.5. The monoisotopic (exact) mass is 484 g/mol. The minimum atomic E-state index is -3.76. The summed E-state index contributed by atoms with van der Waals surface area (Å²) in [7, 11) is -3.76. The van der Waals surface area contributed by atoms with Crippen LogP contribution in [0.4, 0.5) is 8.78 Å². The number of nitrogens with one attached hydrogen (secondary N) is 1. The van der Waals surface area contributed by atoms with Gasteiger partial charge in [-0.05, 0) is 29.7 Å². The van der Waals surface area contributed by atoms with Gasteiger partial charge in [0.1, 0.15) is 18.1 Å². The Morgan fingerprint density at radius 3 is 2.62 bits per heavy atom. The van der Waals surface area contributed by atoms with Gasteiger partial charge in [0.05, 0.1) is 31.5 Å². The van der Waals surface area contributed by atoms with Crippen LogP contribution in [0.3, 0.4) is 0 Å². The van der Waals surface area contributed by atoms with Crippen LogP contribution in [0, 0.1) is 5.82 Å². The molecule has 2 aromatic rings. The molecule has 2 aliphatic rings. The molecule has 0 bridgehead atoms. The molecule has 2 fully saturated rings. The molecule has 1 amide bonds. The minimum absolute atomic E-state index is 0.0632. The first-order chi connectivity index (χ1) is 15.1. The lowest BCUT2D eigenvalue weighted by Crippen LogP contribution is -2.53. The number of ether oxygens (including phenoxy) is 1. The Kier molecular flexibility index (Phi) is 6.53. The van der Waals surface area contributed by atoms with Crippen LogP contribution in [0.15, 0.2) is 42.5 Å². The van der Waals surface area contributed by atoms with Gasteiger partial charge in [-0.15, -0.1) is 0 Å². The highest BCUT2D eigenvalue weighted by Gasteiger charge is 2.48. The van der Waals surface area contributed by atoms with Crippen LogP contribution in [0.1, 0.15) is 12.0 Å². The number of hydrogen-bond donors (Lipinski definition) is 1. The number of amides is 1. The van der Waals surface area contributed by atoms with Gasteiger partial charge in [-0.1, -0.05) is 41.9 Å². The molecule has 2 aliphatic heterocycles. The fourth-order valence-corrected chi connectivity index (χ4v) is 5.21. The minimum Gasteiger partial charge on any atom is -0.368 e. The van der Waals surface area contributed by atoms with Gasteiger partial charge in [-0.25, -0.2) is 21.9 Å². The molecule has 1 unspecified atom stereocenters. The summed E-state index contributed by atoms with van der Waals surface area (Å²) >= 11 is 6.04. The van der Waals surface area contributed by atoms with Crippen molar-refractivity contribution in [2.24, 2.45) is 0 Å². The average molecular weight is 485 g/mol. The van der Waals surface area contributed by atoms with E-state index < -0.39 is 46.1 Å². The van der Waals surface area contributed by atoms with Crippen molar-refractivity contribution >= 4 is 27.5 Å².